The van der Waals surface area contributed by atoms with Crippen LogP contribution in [0.1, 0.15) is 33.6 Å². The topological polar surface area (TPSA) is 52.8 Å². The molecule has 0 heterocycles. The largest absolute Gasteiger partial charge is 0.345 e. The maximum atomic E-state index is 12.1. The highest BCUT2D eigenvalue weighted by Crippen LogP contribution is 1.98. The van der Waals surface area contributed by atoms with E-state index >= 15 is 0 Å². The lowest BCUT2D eigenvalue weighted by Crippen LogP contribution is -2.40. The summed E-state index contributed by atoms with van der Waals surface area (Å²) in [6.07, 6.45) is 1.99. The highest BCUT2D eigenvalue weighted by atomic mass is 16.2. The van der Waals surface area contributed by atoms with E-state index in [2.05, 4.69) is 30.6 Å². The average molecular weight is 286 g/mol. The minimum atomic E-state index is 0.197. The van der Waals surface area contributed by atoms with Crippen molar-refractivity contribution >= 4 is 5.91 Å². The zero-order chi connectivity index (χ0) is 15.4. The lowest BCUT2D eigenvalue weighted by atomic mass is 10.3. The first-order chi connectivity index (χ1) is 9.58. The summed E-state index contributed by atoms with van der Waals surface area (Å²) in [5.74, 6) is 0.197. The van der Waals surface area contributed by atoms with Crippen LogP contribution in [0.25, 0.3) is 0 Å². The maximum Gasteiger partial charge on any atom is 0.236 e. The van der Waals surface area contributed by atoms with Crippen LogP contribution in [-0.4, -0.2) is 80.0 Å². The van der Waals surface area contributed by atoms with Gasteiger partial charge in [-0.15, -0.1) is 0 Å². The molecule has 0 rings (SSSR count). The minimum Gasteiger partial charge on any atom is -0.345 e. The fourth-order valence-electron chi connectivity index (χ4n) is 2.17. The summed E-state index contributed by atoms with van der Waals surface area (Å²) < 4.78 is 0. The molecule has 0 aliphatic heterocycles. The predicted octanol–water partition coefficient (Wildman–Crippen LogP) is 0.847. The van der Waals surface area contributed by atoms with Gasteiger partial charge in [0.15, 0.2) is 0 Å². The zero-order valence-electron chi connectivity index (χ0n) is 13.9. The Labute approximate surface area is 125 Å². The van der Waals surface area contributed by atoms with Gasteiger partial charge in [-0.25, -0.2) is 0 Å². The van der Waals surface area contributed by atoms with Crippen molar-refractivity contribution in [2.75, 3.05) is 59.4 Å². The highest BCUT2D eigenvalue weighted by molar-refractivity contribution is 5.77. The molecule has 5 nitrogen and oxygen atoms in total. The van der Waals surface area contributed by atoms with Crippen molar-refractivity contribution in [2.45, 2.75) is 33.6 Å². The molecule has 20 heavy (non-hydrogen) atoms. The summed E-state index contributed by atoms with van der Waals surface area (Å²) in [4.78, 5) is 18.5. The second-order valence-corrected chi connectivity index (χ2v) is 5.21. The number of likely N-dealkylation sites (N-methyl/N-ethyl adjacent to an activating group) is 2. The first kappa shape index (κ1) is 19.4. The zero-order valence-corrected chi connectivity index (χ0v) is 13.9. The Morgan fingerprint density at radius 1 is 0.900 bits per heavy atom. The molecule has 0 aromatic rings. The summed E-state index contributed by atoms with van der Waals surface area (Å²) in [5, 5.41) is 0. The summed E-state index contributed by atoms with van der Waals surface area (Å²) in [6, 6.07) is 0. The molecular formula is C15H34N4O. The minimum absolute atomic E-state index is 0.197. The van der Waals surface area contributed by atoms with Crippen LogP contribution >= 0.6 is 0 Å². The highest BCUT2D eigenvalue weighted by Gasteiger charge is 2.13. The van der Waals surface area contributed by atoms with Crippen molar-refractivity contribution in [2.24, 2.45) is 5.73 Å². The third kappa shape index (κ3) is 8.51. The monoisotopic (exact) mass is 286 g/mol. The normalized spacial score (nSPS) is 11.3. The summed E-state index contributed by atoms with van der Waals surface area (Å²) >= 11 is 0. The van der Waals surface area contributed by atoms with Crippen LogP contribution in [0.3, 0.4) is 0 Å². The van der Waals surface area contributed by atoms with Crippen LogP contribution in [0.2, 0.25) is 0 Å². The molecule has 0 saturated carbocycles. The molecule has 0 aromatic heterocycles. The van der Waals surface area contributed by atoms with Crippen LogP contribution in [0.5, 0.6) is 0 Å². The second kappa shape index (κ2) is 12.1. The number of nitrogens with two attached hydrogens (primary N) is 1. The molecule has 2 N–H and O–H groups in total. The Morgan fingerprint density at radius 2 is 1.45 bits per heavy atom. The second-order valence-electron chi connectivity index (χ2n) is 5.21. The lowest BCUT2D eigenvalue weighted by molar-refractivity contribution is -0.131. The van der Waals surface area contributed by atoms with Gasteiger partial charge in [-0.1, -0.05) is 20.8 Å². The van der Waals surface area contributed by atoms with E-state index in [0.29, 0.717) is 13.1 Å². The van der Waals surface area contributed by atoms with Gasteiger partial charge in [-0.2, -0.15) is 0 Å². The summed E-state index contributed by atoms with van der Waals surface area (Å²) in [7, 11) is 1.86. The van der Waals surface area contributed by atoms with Gasteiger partial charge in [-0.3, -0.25) is 9.69 Å². The van der Waals surface area contributed by atoms with Crippen molar-refractivity contribution < 1.29 is 4.79 Å². The number of amides is 1. The Morgan fingerprint density at radius 3 is 1.95 bits per heavy atom. The SMILES string of the molecule is CCN(CC)CCCN(CC)CC(=O)N(C)CCCN. The number of hydrogen-bond acceptors (Lipinski definition) is 4. The van der Waals surface area contributed by atoms with Gasteiger partial charge in [-0.05, 0) is 52.1 Å². The van der Waals surface area contributed by atoms with E-state index in [0.717, 1.165) is 52.1 Å². The quantitative estimate of drug-likeness (QED) is 0.578. The van der Waals surface area contributed by atoms with E-state index in [9.17, 15) is 4.79 Å². The first-order valence-corrected chi connectivity index (χ1v) is 7.97. The molecule has 5 heteroatoms. The van der Waals surface area contributed by atoms with Gasteiger partial charge < -0.3 is 15.5 Å². The number of hydrogen-bond donors (Lipinski definition) is 1. The summed E-state index contributed by atoms with van der Waals surface area (Å²) in [6.45, 7) is 13.6. The van der Waals surface area contributed by atoms with E-state index in [1.54, 1.807) is 4.90 Å². The van der Waals surface area contributed by atoms with Crippen molar-refractivity contribution in [1.29, 1.82) is 0 Å². The predicted molar refractivity (Wildman–Crippen MR) is 85.8 cm³/mol. The lowest BCUT2D eigenvalue weighted by Gasteiger charge is -2.25. The van der Waals surface area contributed by atoms with Gasteiger partial charge in [0.05, 0.1) is 6.54 Å². The van der Waals surface area contributed by atoms with E-state index in [1.165, 1.54) is 0 Å². The van der Waals surface area contributed by atoms with Crippen LogP contribution in [0, 0.1) is 0 Å². The maximum absolute atomic E-state index is 12.1. The summed E-state index contributed by atoms with van der Waals surface area (Å²) in [5.41, 5.74) is 5.47. The number of nitrogens with zero attached hydrogens (tertiary/aromatic N) is 3. The van der Waals surface area contributed by atoms with E-state index in [-0.39, 0.29) is 5.91 Å². The molecule has 120 valence electrons. The molecule has 0 spiro atoms. The fraction of sp³-hybridized carbons (Fsp3) is 0.933. The van der Waals surface area contributed by atoms with Gasteiger partial charge in [0.2, 0.25) is 5.91 Å². The molecule has 0 unspecified atom stereocenters. The molecule has 0 atom stereocenters. The number of carbonyl (C=O) groups excluding carboxylic acids is 1. The molecule has 0 aliphatic rings. The van der Waals surface area contributed by atoms with E-state index in [1.807, 2.05) is 7.05 Å². The molecule has 0 aliphatic carbocycles. The Bertz CT molecular complexity index is 244. The third-order valence-electron chi connectivity index (χ3n) is 3.77. The third-order valence-corrected chi connectivity index (χ3v) is 3.77. The van der Waals surface area contributed by atoms with Crippen LogP contribution in [0.15, 0.2) is 0 Å². The van der Waals surface area contributed by atoms with E-state index < -0.39 is 0 Å². The molecule has 0 radical (unpaired) electrons. The fourth-order valence-corrected chi connectivity index (χ4v) is 2.17. The first-order valence-electron chi connectivity index (χ1n) is 7.97. The number of rotatable bonds is 12. The van der Waals surface area contributed by atoms with E-state index in [4.69, 9.17) is 5.73 Å². The Kier molecular flexibility index (Phi) is 11.7. The van der Waals surface area contributed by atoms with Crippen LogP contribution < -0.4 is 5.73 Å². The van der Waals surface area contributed by atoms with Crippen molar-refractivity contribution in [3.63, 3.8) is 0 Å². The smallest absolute Gasteiger partial charge is 0.236 e. The molecule has 0 saturated heterocycles. The molecular weight excluding hydrogens is 252 g/mol. The van der Waals surface area contributed by atoms with Gasteiger partial charge in [0, 0.05) is 13.6 Å². The van der Waals surface area contributed by atoms with Crippen molar-refractivity contribution in [1.82, 2.24) is 14.7 Å². The van der Waals surface area contributed by atoms with Gasteiger partial charge in [0.25, 0.3) is 0 Å². The van der Waals surface area contributed by atoms with Gasteiger partial charge >= 0.3 is 0 Å². The molecule has 1 amide bonds. The Hall–Kier alpha value is -0.650. The molecule has 0 aromatic carbocycles. The average Bonchev–Trinajstić information content (AvgIpc) is 2.47. The Balaban J connectivity index is 3.98. The van der Waals surface area contributed by atoms with Crippen LogP contribution in [0.4, 0.5) is 0 Å². The van der Waals surface area contributed by atoms with Crippen molar-refractivity contribution in [3.05, 3.63) is 0 Å². The molecule has 0 bridgehead atoms. The molecule has 0 fully saturated rings. The number of carbonyl (C=O) groups is 1. The van der Waals surface area contributed by atoms with Gasteiger partial charge in [0.1, 0.15) is 0 Å². The standard InChI is InChI=1S/C15H34N4O/c1-5-18(6-2)12-9-13-19(7-3)14-15(20)17(4)11-8-10-16/h5-14,16H2,1-4H3. The van der Waals surface area contributed by atoms with Crippen molar-refractivity contribution in [3.8, 4) is 0 Å². The van der Waals surface area contributed by atoms with Crippen LogP contribution in [-0.2, 0) is 4.79 Å².